The van der Waals surface area contributed by atoms with Crippen molar-refractivity contribution in [3.8, 4) is 0 Å². The van der Waals surface area contributed by atoms with Crippen molar-refractivity contribution in [2.45, 2.75) is 27.7 Å². The van der Waals surface area contributed by atoms with Crippen molar-refractivity contribution in [1.29, 1.82) is 0 Å². The molecular weight excluding hydrogens is 226 g/mol. The van der Waals surface area contributed by atoms with Crippen LogP contribution >= 0.6 is 0 Å². The molecule has 1 N–H and O–H groups in total. The second-order valence-corrected chi connectivity index (χ2v) is 5.10. The summed E-state index contributed by atoms with van der Waals surface area (Å²) in [6.07, 6.45) is 0. The second-order valence-electron chi connectivity index (χ2n) is 5.10. The number of fused-ring (bicyclic) bond motifs is 1. The van der Waals surface area contributed by atoms with Gasteiger partial charge in [0.25, 0.3) is 6.01 Å². The number of rotatable bonds is 1. The highest BCUT2D eigenvalue weighted by Gasteiger charge is 2.20. The Balaban J connectivity index is 2.22. The summed E-state index contributed by atoms with van der Waals surface area (Å²) in [6, 6.07) is 0.742. The largest absolute Gasteiger partial charge is 0.423 e. The summed E-state index contributed by atoms with van der Waals surface area (Å²) in [6.45, 7) is 11.3. The lowest BCUT2D eigenvalue weighted by Gasteiger charge is -2.09. The van der Waals surface area contributed by atoms with Crippen molar-refractivity contribution >= 4 is 17.1 Å². The van der Waals surface area contributed by atoms with E-state index in [2.05, 4.69) is 42.9 Å². The van der Waals surface area contributed by atoms with Crippen molar-refractivity contribution < 1.29 is 4.42 Å². The number of aromatic nitrogens is 1. The Labute approximate surface area is 107 Å². The molecule has 0 aliphatic carbocycles. The van der Waals surface area contributed by atoms with Crippen LogP contribution in [0.4, 0.5) is 6.01 Å². The normalized spacial score (nSPS) is 15.9. The molecule has 1 saturated heterocycles. The van der Waals surface area contributed by atoms with Crippen LogP contribution in [-0.2, 0) is 0 Å². The van der Waals surface area contributed by atoms with Crippen LogP contribution in [0.3, 0.4) is 0 Å². The molecule has 96 valence electrons. The third kappa shape index (κ3) is 1.52. The van der Waals surface area contributed by atoms with Gasteiger partial charge in [0, 0.05) is 13.1 Å². The van der Waals surface area contributed by atoms with Crippen LogP contribution in [0, 0.1) is 27.7 Å². The maximum Gasteiger partial charge on any atom is 0.299 e. The molecular formula is C14H19N3O. The van der Waals surface area contributed by atoms with Gasteiger partial charge in [0.05, 0.1) is 6.67 Å². The zero-order valence-electron chi connectivity index (χ0n) is 11.4. The average Bonchev–Trinajstić information content (AvgIpc) is 3.01. The molecule has 4 nitrogen and oxygen atoms in total. The van der Waals surface area contributed by atoms with E-state index in [1.165, 1.54) is 22.3 Å². The highest BCUT2D eigenvalue weighted by Crippen LogP contribution is 2.32. The number of benzene rings is 1. The number of anilines is 1. The van der Waals surface area contributed by atoms with Crippen LogP contribution in [-0.4, -0.2) is 24.7 Å². The molecule has 0 amide bonds. The van der Waals surface area contributed by atoms with Crippen LogP contribution in [0.2, 0.25) is 0 Å². The first-order valence-corrected chi connectivity index (χ1v) is 6.42. The molecule has 4 heteroatoms. The molecule has 0 unspecified atom stereocenters. The topological polar surface area (TPSA) is 41.3 Å². The van der Waals surface area contributed by atoms with Crippen LogP contribution in [0.5, 0.6) is 0 Å². The van der Waals surface area contributed by atoms with Gasteiger partial charge in [-0.05, 0) is 49.9 Å². The van der Waals surface area contributed by atoms with Gasteiger partial charge in [0.1, 0.15) is 5.52 Å². The Morgan fingerprint density at radius 1 is 1.06 bits per heavy atom. The van der Waals surface area contributed by atoms with Gasteiger partial charge < -0.3 is 9.32 Å². The molecule has 2 aromatic rings. The molecule has 1 fully saturated rings. The van der Waals surface area contributed by atoms with Crippen molar-refractivity contribution in [2.75, 3.05) is 24.7 Å². The van der Waals surface area contributed by atoms with Crippen LogP contribution < -0.4 is 10.2 Å². The number of oxazole rings is 1. The third-order valence-electron chi connectivity index (χ3n) is 4.13. The third-order valence-corrected chi connectivity index (χ3v) is 4.13. The molecule has 0 atom stereocenters. The van der Waals surface area contributed by atoms with Gasteiger partial charge in [-0.3, -0.25) is 5.32 Å². The van der Waals surface area contributed by atoms with E-state index in [1.807, 2.05) is 0 Å². The summed E-state index contributed by atoms with van der Waals surface area (Å²) >= 11 is 0. The Morgan fingerprint density at radius 2 is 1.78 bits per heavy atom. The SMILES string of the molecule is Cc1c(C)c(C)c2oc(N3CCNC3)nc2c1C. The molecule has 18 heavy (non-hydrogen) atoms. The van der Waals surface area contributed by atoms with E-state index in [1.54, 1.807) is 0 Å². The lowest BCUT2D eigenvalue weighted by atomic mass is 9.98. The number of aryl methyl sites for hydroxylation is 2. The minimum atomic E-state index is 0.742. The first-order chi connectivity index (χ1) is 8.59. The van der Waals surface area contributed by atoms with Gasteiger partial charge in [0.15, 0.2) is 5.58 Å². The van der Waals surface area contributed by atoms with E-state index in [-0.39, 0.29) is 0 Å². The molecule has 1 aliphatic heterocycles. The summed E-state index contributed by atoms with van der Waals surface area (Å²) in [5.41, 5.74) is 7.02. The van der Waals surface area contributed by atoms with E-state index < -0.39 is 0 Å². The number of hydrogen-bond acceptors (Lipinski definition) is 4. The Hall–Kier alpha value is -1.55. The number of nitrogens with zero attached hydrogens (tertiary/aromatic N) is 2. The fourth-order valence-corrected chi connectivity index (χ4v) is 2.53. The van der Waals surface area contributed by atoms with E-state index in [4.69, 9.17) is 4.42 Å². The van der Waals surface area contributed by atoms with Crippen LogP contribution in [0.15, 0.2) is 4.42 Å². The molecule has 1 aromatic heterocycles. The first-order valence-electron chi connectivity index (χ1n) is 6.42. The van der Waals surface area contributed by atoms with Crippen molar-refractivity contribution in [1.82, 2.24) is 10.3 Å². The molecule has 0 spiro atoms. The molecule has 2 heterocycles. The maximum atomic E-state index is 5.97. The fourth-order valence-electron chi connectivity index (χ4n) is 2.53. The summed E-state index contributed by atoms with van der Waals surface area (Å²) in [5.74, 6) is 0. The maximum absolute atomic E-state index is 5.97. The fraction of sp³-hybridized carbons (Fsp3) is 0.500. The lowest BCUT2D eigenvalue weighted by molar-refractivity contribution is 0.582. The molecule has 0 saturated carbocycles. The van der Waals surface area contributed by atoms with Crippen LogP contribution in [0.25, 0.3) is 11.1 Å². The highest BCUT2D eigenvalue weighted by atomic mass is 16.4. The van der Waals surface area contributed by atoms with Gasteiger partial charge in [-0.15, -0.1) is 0 Å². The van der Waals surface area contributed by atoms with Crippen molar-refractivity contribution in [2.24, 2.45) is 0 Å². The molecule has 0 radical (unpaired) electrons. The summed E-state index contributed by atoms with van der Waals surface area (Å²) in [5, 5.41) is 3.29. The van der Waals surface area contributed by atoms with Crippen molar-refractivity contribution in [3.63, 3.8) is 0 Å². The van der Waals surface area contributed by atoms with Gasteiger partial charge >= 0.3 is 0 Å². The van der Waals surface area contributed by atoms with E-state index in [0.29, 0.717) is 0 Å². The molecule has 3 rings (SSSR count). The zero-order chi connectivity index (χ0) is 12.9. The lowest BCUT2D eigenvalue weighted by Crippen LogP contribution is -2.21. The highest BCUT2D eigenvalue weighted by molar-refractivity contribution is 5.84. The molecule has 1 aliphatic rings. The second kappa shape index (κ2) is 3.99. The first kappa shape index (κ1) is 11.5. The Kier molecular flexibility index (Phi) is 2.55. The van der Waals surface area contributed by atoms with E-state index in [0.717, 1.165) is 36.9 Å². The zero-order valence-corrected chi connectivity index (χ0v) is 11.4. The minimum absolute atomic E-state index is 0.742. The summed E-state index contributed by atoms with van der Waals surface area (Å²) in [7, 11) is 0. The number of nitrogens with one attached hydrogen (secondary N) is 1. The molecule has 0 bridgehead atoms. The van der Waals surface area contributed by atoms with Crippen molar-refractivity contribution in [3.05, 3.63) is 22.3 Å². The standard InChI is InChI=1S/C14H19N3O/c1-8-9(2)11(4)13-12(10(8)3)16-14(18-13)17-6-5-15-7-17/h15H,5-7H2,1-4H3. The summed E-state index contributed by atoms with van der Waals surface area (Å²) in [4.78, 5) is 6.82. The Morgan fingerprint density at radius 3 is 2.44 bits per heavy atom. The van der Waals surface area contributed by atoms with Gasteiger partial charge in [-0.25, -0.2) is 0 Å². The minimum Gasteiger partial charge on any atom is -0.423 e. The Bertz CT molecular complexity index is 564. The molecule has 1 aromatic carbocycles. The number of hydrogen-bond donors (Lipinski definition) is 1. The van der Waals surface area contributed by atoms with Crippen LogP contribution in [0.1, 0.15) is 22.3 Å². The van der Waals surface area contributed by atoms with Gasteiger partial charge in [0.2, 0.25) is 0 Å². The smallest absolute Gasteiger partial charge is 0.299 e. The van der Waals surface area contributed by atoms with E-state index >= 15 is 0 Å². The predicted octanol–water partition coefficient (Wildman–Crippen LogP) is 2.43. The van der Waals surface area contributed by atoms with Gasteiger partial charge in [-0.1, -0.05) is 0 Å². The van der Waals surface area contributed by atoms with Gasteiger partial charge in [-0.2, -0.15) is 4.98 Å². The predicted molar refractivity (Wildman–Crippen MR) is 73.2 cm³/mol. The monoisotopic (exact) mass is 245 g/mol. The van der Waals surface area contributed by atoms with E-state index in [9.17, 15) is 0 Å². The quantitative estimate of drug-likeness (QED) is 0.837. The average molecular weight is 245 g/mol. The summed E-state index contributed by atoms with van der Waals surface area (Å²) < 4.78 is 5.97.